The van der Waals surface area contributed by atoms with E-state index in [0.717, 1.165) is 34.9 Å². The highest BCUT2D eigenvalue weighted by Gasteiger charge is 2.56. The lowest BCUT2D eigenvalue weighted by atomic mass is 9.77. The van der Waals surface area contributed by atoms with Gasteiger partial charge in [0.05, 0.1) is 36.5 Å². The van der Waals surface area contributed by atoms with Crippen molar-refractivity contribution >= 4 is 35.1 Å². The monoisotopic (exact) mass is 537 g/mol. The zero-order valence-electron chi connectivity index (χ0n) is 22.7. The minimum absolute atomic E-state index is 0.0368. The van der Waals surface area contributed by atoms with Crippen LogP contribution in [0.2, 0.25) is 0 Å². The van der Waals surface area contributed by atoms with Crippen molar-refractivity contribution in [2.75, 3.05) is 6.26 Å². The molecule has 0 aliphatic carbocycles. The van der Waals surface area contributed by atoms with Gasteiger partial charge in [-0.15, -0.1) is 11.3 Å². The molecule has 2 unspecified atom stereocenters. The molecule has 0 radical (unpaired) electrons. The van der Waals surface area contributed by atoms with Crippen molar-refractivity contribution in [1.29, 1.82) is 0 Å². The number of esters is 1. The Balaban J connectivity index is 1.82. The first-order valence-electron chi connectivity index (χ1n) is 13.0. The highest BCUT2D eigenvalue weighted by atomic mass is 32.2. The minimum atomic E-state index is -0.914. The number of ether oxygens (including phenoxy) is 2. The molecule has 0 spiro atoms. The lowest BCUT2D eigenvalue weighted by molar-refractivity contribution is -0.151. The second kappa shape index (κ2) is 12.6. The van der Waals surface area contributed by atoms with Crippen molar-refractivity contribution in [3.8, 4) is 0 Å². The van der Waals surface area contributed by atoms with Gasteiger partial charge in [0.15, 0.2) is 0 Å². The normalized spacial score (nSPS) is 36.2. The van der Waals surface area contributed by atoms with Crippen LogP contribution < -0.4 is 0 Å². The van der Waals surface area contributed by atoms with E-state index < -0.39 is 29.7 Å². The second-order valence-corrected chi connectivity index (χ2v) is 13.1. The van der Waals surface area contributed by atoms with E-state index in [2.05, 4.69) is 24.9 Å². The summed E-state index contributed by atoms with van der Waals surface area (Å²) in [7, 11) is 0. The molecule has 1 aromatic rings. The Bertz CT molecular complexity index is 955. The fourth-order valence-corrected chi connectivity index (χ4v) is 6.24. The van der Waals surface area contributed by atoms with E-state index in [9.17, 15) is 15.0 Å². The molecule has 3 heterocycles. The van der Waals surface area contributed by atoms with Crippen molar-refractivity contribution in [3.63, 3.8) is 0 Å². The molecule has 8 heteroatoms. The number of cyclic esters (lactones) is 1. The Morgan fingerprint density at radius 3 is 2.69 bits per heavy atom. The van der Waals surface area contributed by atoms with E-state index in [1.807, 2.05) is 45.4 Å². The van der Waals surface area contributed by atoms with E-state index in [4.69, 9.17) is 9.47 Å². The number of carbonyl (C=O) groups is 1. The number of aromatic nitrogens is 1. The summed E-state index contributed by atoms with van der Waals surface area (Å²) in [6, 6.07) is 0. The van der Waals surface area contributed by atoms with Gasteiger partial charge in [-0.1, -0.05) is 51.1 Å². The van der Waals surface area contributed by atoms with Crippen molar-refractivity contribution < 1.29 is 24.5 Å². The Morgan fingerprint density at radius 2 is 2.03 bits per heavy atom. The molecule has 3 rings (SSSR count). The van der Waals surface area contributed by atoms with Crippen LogP contribution in [0.4, 0.5) is 0 Å². The molecule has 0 aromatic carbocycles. The largest absolute Gasteiger partial charge is 0.457 e. The number of rotatable bonds is 3. The molecule has 1 aromatic heterocycles. The van der Waals surface area contributed by atoms with Crippen LogP contribution in [0, 0.1) is 17.3 Å². The topological polar surface area (TPSA) is 92.2 Å². The van der Waals surface area contributed by atoms with Crippen molar-refractivity contribution in [2.24, 2.45) is 17.3 Å². The molecule has 0 bridgehead atoms. The van der Waals surface area contributed by atoms with Gasteiger partial charge >= 0.3 is 5.97 Å². The van der Waals surface area contributed by atoms with Gasteiger partial charge < -0.3 is 19.7 Å². The highest BCUT2D eigenvalue weighted by molar-refractivity contribution is 8.00. The third kappa shape index (κ3) is 7.44. The fraction of sp³-hybridized carbons (Fsp3) is 0.714. The average Bonchev–Trinajstić information content (AvgIpc) is 3.52. The number of fused-ring (bicyclic) bond motifs is 1. The van der Waals surface area contributed by atoms with Crippen LogP contribution in [0.25, 0.3) is 6.08 Å². The molecule has 36 heavy (non-hydrogen) atoms. The van der Waals surface area contributed by atoms with Gasteiger partial charge in [-0.3, -0.25) is 4.79 Å². The van der Waals surface area contributed by atoms with E-state index in [-0.39, 0.29) is 30.5 Å². The van der Waals surface area contributed by atoms with Crippen LogP contribution in [0.3, 0.4) is 0 Å². The summed E-state index contributed by atoms with van der Waals surface area (Å²) < 4.78 is 12.9. The number of allylic oxidation sites excluding steroid dienone is 1. The average molecular weight is 538 g/mol. The van der Waals surface area contributed by atoms with Crippen molar-refractivity contribution in [2.45, 2.75) is 109 Å². The van der Waals surface area contributed by atoms with Gasteiger partial charge in [-0.2, -0.15) is 0 Å². The molecular formula is C28H43NO5S2. The first kappa shape index (κ1) is 29.4. The van der Waals surface area contributed by atoms with E-state index in [1.54, 1.807) is 23.1 Å². The SMILES string of the molecule is CSc1nc(/C=C(\C)[C@@H]2C/C=C(/C)CCC[C@H](C)[C@H](O)[C@@H](C)C3OC3C(C)(C)[C@@H](O)CC(=O)O2)cs1. The Kier molecular flexibility index (Phi) is 10.3. The first-order valence-corrected chi connectivity index (χ1v) is 15.1. The molecular weight excluding hydrogens is 494 g/mol. The lowest BCUT2D eigenvalue weighted by Gasteiger charge is -2.30. The molecule has 202 valence electrons. The predicted molar refractivity (Wildman–Crippen MR) is 147 cm³/mol. The van der Waals surface area contributed by atoms with Gasteiger partial charge in [-0.25, -0.2) is 4.98 Å². The van der Waals surface area contributed by atoms with Crippen LogP contribution in [0.5, 0.6) is 0 Å². The minimum Gasteiger partial charge on any atom is -0.457 e. The highest BCUT2D eigenvalue weighted by Crippen LogP contribution is 2.46. The third-order valence-electron chi connectivity index (χ3n) is 7.86. The van der Waals surface area contributed by atoms with Gasteiger partial charge in [0.2, 0.25) is 0 Å². The zero-order chi connectivity index (χ0) is 26.6. The number of aliphatic hydroxyl groups excluding tert-OH is 2. The fourth-order valence-electron chi connectivity index (χ4n) is 5.02. The summed E-state index contributed by atoms with van der Waals surface area (Å²) in [5.41, 5.74) is 2.39. The van der Waals surface area contributed by atoms with Crippen LogP contribution in [0.15, 0.2) is 26.9 Å². The van der Waals surface area contributed by atoms with Crippen LogP contribution in [-0.4, -0.2) is 57.9 Å². The molecule has 0 saturated carbocycles. The standard InChI is InChI=1S/C28H43NO5S2/c1-16-9-8-10-17(2)24(32)19(4)25-26(34-25)28(5,6)22(30)14-23(31)33-21(12-11-16)18(3)13-20-15-36-27(29-20)35-7/h11,13,15,17,19,21-22,24-26,30,32H,8-10,12,14H2,1-7H3/b16-11-,18-13+/t17-,19+,21-,22-,24-,25?,26?/m0/s1. The summed E-state index contributed by atoms with van der Waals surface area (Å²) in [5.74, 6) is -0.301. The van der Waals surface area contributed by atoms with Gasteiger partial charge in [0.25, 0.3) is 0 Å². The summed E-state index contributed by atoms with van der Waals surface area (Å²) >= 11 is 3.21. The van der Waals surface area contributed by atoms with Gasteiger partial charge in [0, 0.05) is 23.1 Å². The number of nitrogens with zero attached hydrogens (tertiary/aromatic N) is 1. The van der Waals surface area contributed by atoms with Gasteiger partial charge in [-0.05, 0) is 56.9 Å². The summed E-state index contributed by atoms with van der Waals surface area (Å²) in [4.78, 5) is 17.6. The number of hydrogen-bond donors (Lipinski definition) is 2. The van der Waals surface area contributed by atoms with Gasteiger partial charge in [0.1, 0.15) is 10.4 Å². The number of epoxide rings is 1. The quantitative estimate of drug-likeness (QED) is 0.215. The maximum atomic E-state index is 13.0. The van der Waals surface area contributed by atoms with Crippen LogP contribution in [0.1, 0.15) is 79.3 Å². The van der Waals surface area contributed by atoms with Crippen molar-refractivity contribution in [1.82, 2.24) is 4.98 Å². The number of thioether (sulfide) groups is 1. The van der Waals surface area contributed by atoms with Crippen LogP contribution in [-0.2, 0) is 14.3 Å². The number of hydrogen-bond acceptors (Lipinski definition) is 8. The molecule has 1 saturated heterocycles. The third-order valence-corrected chi connectivity index (χ3v) is 9.74. The maximum absolute atomic E-state index is 13.0. The lowest BCUT2D eigenvalue weighted by Crippen LogP contribution is -2.40. The summed E-state index contributed by atoms with van der Waals surface area (Å²) in [6.07, 6.45) is 7.32. The number of carbonyl (C=O) groups excluding carboxylic acids is 1. The van der Waals surface area contributed by atoms with E-state index >= 15 is 0 Å². The van der Waals surface area contributed by atoms with E-state index in [1.165, 1.54) is 5.57 Å². The zero-order valence-corrected chi connectivity index (χ0v) is 24.3. The maximum Gasteiger partial charge on any atom is 0.309 e. The van der Waals surface area contributed by atoms with E-state index in [0.29, 0.717) is 6.42 Å². The molecule has 7 atom stereocenters. The van der Waals surface area contributed by atoms with Crippen molar-refractivity contribution in [3.05, 3.63) is 28.3 Å². The molecule has 6 nitrogen and oxygen atoms in total. The molecule has 0 amide bonds. The molecule has 2 N–H and O–H groups in total. The number of thiazole rings is 1. The van der Waals surface area contributed by atoms with Crippen LogP contribution >= 0.6 is 23.1 Å². The summed E-state index contributed by atoms with van der Waals surface area (Å²) in [6.45, 7) is 12.0. The first-order chi connectivity index (χ1) is 16.9. The molecule has 1 fully saturated rings. The number of aliphatic hydroxyl groups is 2. The second-order valence-electron chi connectivity index (χ2n) is 11.2. The predicted octanol–water partition coefficient (Wildman–Crippen LogP) is 5.88. The summed E-state index contributed by atoms with van der Waals surface area (Å²) in [5, 5.41) is 24.0. The Hall–Kier alpha value is -1.19. The molecule has 2 aliphatic heterocycles. The smallest absolute Gasteiger partial charge is 0.309 e. The Labute approximate surface area is 224 Å². The molecule has 2 aliphatic rings. The Morgan fingerprint density at radius 1 is 1.31 bits per heavy atom.